The lowest BCUT2D eigenvalue weighted by atomic mass is 9.94. The molecule has 24 heavy (non-hydrogen) atoms. The summed E-state index contributed by atoms with van der Waals surface area (Å²) >= 11 is 0. The first-order chi connectivity index (χ1) is 10.2. The molecule has 1 N–H and O–H groups in total. The quantitative estimate of drug-likeness (QED) is 0.584. The molecule has 0 unspecified atom stereocenters. The number of halogens is 13. The second-order valence-electron chi connectivity index (χ2n) is 4.89. The van der Waals surface area contributed by atoms with E-state index in [4.69, 9.17) is 5.11 Å². The molecule has 0 radical (unpaired) electrons. The van der Waals surface area contributed by atoms with Crippen LogP contribution in [0.3, 0.4) is 0 Å². The predicted octanol–water partition coefficient (Wildman–Crippen LogP) is 4.89. The summed E-state index contributed by atoms with van der Waals surface area (Å²) in [5.41, 5.74) is 0. The second-order valence-corrected chi connectivity index (χ2v) is 4.89. The molecule has 0 saturated carbocycles. The third kappa shape index (κ3) is 4.79. The fourth-order valence-electron chi connectivity index (χ4n) is 1.54. The van der Waals surface area contributed by atoms with Crippen molar-refractivity contribution in [1.29, 1.82) is 0 Å². The number of hydrogen-bond donors (Lipinski definition) is 1. The molecule has 0 bridgehead atoms. The highest BCUT2D eigenvalue weighted by atomic mass is 19.4. The van der Waals surface area contributed by atoms with Crippen LogP contribution >= 0.6 is 0 Å². The van der Waals surface area contributed by atoms with Crippen LogP contribution in [0.2, 0.25) is 0 Å². The van der Waals surface area contributed by atoms with Crippen molar-refractivity contribution in [3.05, 3.63) is 0 Å². The Morgan fingerprint density at radius 3 is 1.29 bits per heavy atom. The van der Waals surface area contributed by atoms with Gasteiger partial charge in [0.15, 0.2) is 0 Å². The molecule has 1 nitrogen and oxygen atoms in total. The summed E-state index contributed by atoms with van der Waals surface area (Å²) in [6.45, 7) is -1.40. The van der Waals surface area contributed by atoms with Crippen molar-refractivity contribution in [2.45, 2.75) is 55.1 Å². The van der Waals surface area contributed by atoms with E-state index < -0.39 is 61.7 Å². The van der Waals surface area contributed by atoms with Gasteiger partial charge in [-0.25, -0.2) is 17.6 Å². The Morgan fingerprint density at radius 2 is 0.958 bits per heavy atom. The normalized spacial score (nSPS) is 15.8. The first-order valence-corrected chi connectivity index (χ1v) is 5.79. The van der Waals surface area contributed by atoms with Crippen LogP contribution in [0, 0.1) is 0 Å². The molecule has 0 aliphatic heterocycles. The maximum absolute atomic E-state index is 13.1. The van der Waals surface area contributed by atoms with Crippen molar-refractivity contribution in [2.75, 3.05) is 6.61 Å². The Kier molecular flexibility index (Phi) is 6.15. The van der Waals surface area contributed by atoms with Crippen molar-refractivity contribution in [2.24, 2.45) is 0 Å². The zero-order valence-electron chi connectivity index (χ0n) is 11.2. The maximum atomic E-state index is 13.1. The maximum Gasteiger partial charge on any atom is 0.460 e. The number of rotatable bonds is 8. The number of hydrogen-bond acceptors (Lipinski definition) is 1. The standard InChI is InChI=1S/C10H9F13O/c11-5(12,1-2-24)3-6(13,14)4-7(15,16)8(17,18)9(19,20)10(21,22)23/h24H,1-4H2. The molecule has 0 spiro atoms. The number of aliphatic hydroxyl groups excluding tert-OH is 1. The molecule has 0 aliphatic carbocycles. The Balaban J connectivity index is 5.53. The Hall–Kier alpha value is -0.950. The highest BCUT2D eigenvalue weighted by Crippen LogP contribution is 2.56. The summed E-state index contributed by atoms with van der Waals surface area (Å²) in [6.07, 6.45) is -15.4. The summed E-state index contributed by atoms with van der Waals surface area (Å²) in [5, 5.41) is 8.14. The molecule has 0 amide bonds. The minimum atomic E-state index is -7.38. The smallest absolute Gasteiger partial charge is 0.396 e. The molecule has 0 rings (SSSR count). The van der Waals surface area contributed by atoms with Crippen molar-refractivity contribution in [3.63, 3.8) is 0 Å². The Morgan fingerprint density at radius 1 is 0.542 bits per heavy atom. The molecule has 146 valence electrons. The average molecular weight is 392 g/mol. The predicted molar refractivity (Wildman–Crippen MR) is 51.7 cm³/mol. The summed E-state index contributed by atoms with van der Waals surface area (Å²) in [4.78, 5) is 0. The van der Waals surface area contributed by atoms with Gasteiger partial charge in [0.2, 0.25) is 0 Å². The van der Waals surface area contributed by atoms with Crippen LogP contribution in [0.25, 0.3) is 0 Å². The molecule has 14 heteroatoms. The van der Waals surface area contributed by atoms with Crippen LogP contribution in [0.15, 0.2) is 0 Å². The highest BCUT2D eigenvalue weighted by Gasteiger charge is 2.82. The van der Waals surface area contributed by atoms with Crippen molar-refractivity contribution >= 4 is 0 Å². The van der Waals surface area contributed by atoms with Crippen molar-refractivity contribution in [1.82, 2.24) is 0 Å². The van der Waals surface area contributed by atoms with Crippen LogP contribution in [0.4, 0.5) is 57.1 Å². The van der Waals surface area contributed by atoms with E-state index >= 15 is 0 Å². The number of aliphatic hydroxyl groups is 1. The van der Waals surface area contributed by atoms with Crippen LogP contribution < -0.4 is 0 Å². The molecular formula is C10H9F13O. The van der Waals surface area contributed by atoms with Gasteiger partial charge in [-0.1, -0.05) is 0 Å². The second kappa shape index (κ2) is 6.41. The SMILES string of the molecule is OCCC(F)(F)CC(F)(F)CC(F)(F)C(F)(F)C(F)(F)C(F)(F)F. The van der Waals surface area contributed by atoms with E-state index in [1.54, 1.807) is 0 Å². The minimum Gasteiger partial charge on any atom is -0.396 e. The van der Waals surface area contributed by atoms with Gasteiger partial charge in [-0.15, -0.1) is 0 Å². The molecule has 0 heterocycles. The zero-order valence-corrected chi connectivity index (χ0v) is 11.2. The lowest BCUT2D eigenvalue weighted by Crippen LogP contribution is -2.62. The van der Waals surface area contributed by atoms with E-state index in [0.717, 1.165) is 0 Å². The van der Waals surface area contributed by atoms with Crippen molar-refractivity contribution < 1.29 is 62.2 Å². The zero-order chi connectivity index (χ0) is 19.8. The molecule has 0 aromatic carbocycles. The fourth-order valence-corrected chi connectivity index (χ4v) is 1.54. The fraction of sp³-hybridized carbons (Fsp3) is 1.00. The molecule has 0 saturated heterocycles. The van der Waals surface area contributed by atoms with Gasteiger partial charge in [0.05, 0.1) is 12.8 Å². The first-order valence-electron chi connectivity index (χ1n) is 5.79. The summed E-state index contributed by atoms with van der Waals surface area (Å²) < 4.78 is 164. The van der Waals surface area contributed by atoms with Gasteiger partial charge in [-0.3, -0.25) is 0 Å². The van der Waals surface area contributed by atoms with Crippen molar-refractivity contribution in [3.8, 4) is 0 Å². The van der Waals surface area contributed by atoms with Gasteiger partial charge in [0.25, 0.3) is 11.8 Å². The van der Waals surface area contributed by atoms with E-state index in [9.17, 15) is 57.1 Å². The molecule has 0 aliphatic rings. The van der Waals surface area contributed by atoms with E-state index in [2.05, 4.69) is 0 Å². The van der Waals surface area contributed by atoms with Crippen LogP contribution in [-0.2, 0) is 0 Å². The summed E-state index contributed by atoms with van der Waals surface area (Å²) in [7, 11) is 0. The molecule has 0 aromatic rings. The lowest BCUT2D eigenvalue weighted by Gasteiger charge is -2.35. The van der Waals surface area contributed by atoms with Gasteiger partial charge in [0.1, 0.15) is 0 Å². The van der Waals surface area contributed by atoms with Gasteiger partial charge in [0, 0.05) is 13.0 Å². The summed E-state index contributed by atoms with van der Waals surface area (Å²) in [6, 6.07) is 0. The first kappa shape index (κ1) is 23.1. The monoisotopic (exact) mass is 392 g/mol. The summed E-state index contributed by atoms with van der Waals surface area (Å²) in [5.74, 6) is -31.3. The van der Waals surface area contributed by atoms with Crippen LogP contribution in [0.5, 0.6) is 0 Å². The van der Waals surface area contributed by atoms with Gasteiger partial charge >= 0.3 is 23.9 Å². The Labute approximate surface area is 125 Å². The average Bonchev–Trinajstić information content (AvgIpc) is 2.22. The van der Waals surface area contributed by atoms with Gasteiger partial charge in [-0.05, 0) is 0 Å². The highest BCUT2D eigenvalue weighted by molar-refractivity contribution is 5.02. The minimum absolute atomic E-state index is 1.40. The molecular weight excluding hydrogens is 383 g/mol. The van der Waals surface area contributed by atoms with E-state index in [1.807, 2.05) is 0 Å². The molecule has 0 aromatic heterocycles. The topological polar surface area (TPSA) is 20.2 Å². The van der Waals surface area contributed by atoms with E-state index in [1.165, 1.54) is 0 Å². The largest absolute Gasteiger partial charge is 0.460 e. The van der Waals surface area contributed by atoms with E-state index in [-0.39, 0.29) is 0 Å². The molecule has 0 atom stereocenters. The Bertz CT molecular complexity index is 425. The third-order valence-corrected chi connectivity index (χ3v) is 2.69. The van der Waals surface area contributed by atoms with E-state index in [0.29, 0.717) is 0 Å². The van der Waals surface area contributed by atoms with Gasteiger partial charge in [-0.2, -0.15) is 39.5 Å². The third-order valence-electron chi connectivity index (χ3n) is 2.69. The van der Waals surface area contributed by atoms with Crippen LogP contribution in [-0.4, -0.2) is 47.5 Å². The van der Waals surface area contributed by atoms with Gasteiger partial charge < -0.3 is 5.11 Å². The number of alkyl halides is 13. The molecule has 0 fully saturated rings. The van der Waals surface area contributed by atoms with Crippen LogP contribution in [0.1, 0.15) is 19.3 Å². The lowest BCUT2D eigenvalue weighted by molar-refractivity contribution is -0.401.